The third-order valence-corrected chi connectivity index (χ3v) is 4.20. The van der Waals surface area contributed by atoms with Crippen LogP contribution >= 0.6 is 0 Å². The normalized spacial score (nSPS) is 18.4. The molecule has 4 heterocycles. The highest BCUT2D eigenvalue weighted by atomic mass is 16.5. The van der Waals surface area contributed by atoms with Crippen LogP contribution in [0, 0.1) is 0 Å². The van der Waals surface area contributed by atoms with Gasteiger partial charge in [0.2, 0.25) is 17.8 Å². The third kappa shape index (κ3) is 3.99. The summed E-state index contributed by atoms with van der Waals surface area (Å²) in [6, 6.07) is 3.78. The lowest BCUT2D eigenvalue weighted by Crippen LogP contribution is -2.40. The number of anilines is 3. The van der Waals surface area contributed by atoms with Crippen LogP contribution in [0.3, 0.4) is 0 Å². The molecule has 2 aliphatic heterocycles. The lowest BCUT2D eigenvalue weighted by molar-refractivity contribution is 0.121. The van der Waals surface area contributed by atoms with Gasteiger partial charge in [0.15, 0.2) is 0 Å². The van der Waals surface area contributed by atoms with Crippen LogP contribution in [-0.2, 0) is 16.0 Å². The van der Waals surface area contributed by atoms with Gasteiger partial charge in [-0.1, -0.05) is 0 Å². The van der Waals surface area contributed by atoms with Crippen molar-refractivity contribution in [2.45, 2.75) is 6.54 Å². The molecule has 2 aromatic rings. The van der Waals surface area contributed by atoms with E-state index in [1.165, 1.54) is 0 Å². The predicted molar refractivity (Wildman–Crippen MR) is 91.9 cm³/mol. The standard InChI is InChI=1S/C16H22N6O3/c1-2-13(25-7-1)12-17-14-18-15(21-3-8-23-9-4-21)20-16(19-14)22-5-10-24-11-6-22/h1-2,7H,3-6,8-12H2,(H,17,18,19,20). The SMILES string of the molecule is c1coc(CNc2nc(N3CCOCC3)nc(N3CCOCC3)n2)c1. The van der Waals surface area contributed by atoms with Gasteiger partial charge in [-0.05, 0) is 12.1 Å². The predicted octanol–water partition coefficient (Wildman–Crippen LogP) is 0.750. The Hall–Kier alpha value is -2.39. The van der Waals surface area contributed by atoms with Gasteiger partial charge < -0.3 is 29.0 Å². The zero-order valence-electron chi connectivity index (χ0n) is 14.1. The minimum atomic E-state index is 0.530. The van der Waals surface area contributed by atoms with Gasteiger partial charge in [0, 0.05) is 26.2 Å². The molecule has 25 heavy (non-hydrogen) atoms. The molecule has 9 nitrogen and oxygen atoms in total. The van der Waals surface area contributed by atoms with E-state index in [9.17, 15) is 0 Å². The highest BCUT2D eigenvalue weighted by molar-refractivity contribution is 5.45. The Labute approximate surface area is 146 Å². The molecule has 0 bridgehead atoms. The summed E-state index contributed by atoms with van der Waals surface area (Å²) in [4.78, 5) is 18.1. The van der Waals surface area contributed by atoms with Crippen molar-refractivity contribution < 1.29 is 13.9 Å². The van der Waals surface area contributed by atoms with E-state index in [2.05, 4.69) is 30.1 Å². The summed E-state index contributed by atoms with van der Waals surface area (Å²) >= 11 is 0. The first-order valence-electron chi connectivity index (χ1n) is 8.56. The van der Waals surface area contributed by atoms with Crippen molar-refractivity contribution in [2.24, 2.45) is 0 Å². The fourth-order valence-electron chi connectivity index (χ4n) is 2.82. The van der Waals surface area contributed by atoms with E-state index in [4.69, 9.17) is 13.9 Å². The Kier molecular flexibility index (Phi) is 4.93. The molecule has 0 atom stereocenters. The van der Waals surface area contributed by atoms with E-state index < -0.39 is 0 Å². The average molecular weight is 346 g/mol. The van der Waals surface area contributed by atoms with Gasteiger partial charge in [-0.25, -0.2) is 0 Å². The summed E-state index contributed by atoms with van der Waals surface area (Å²) in [7, 11) is 0. The van der Waals surface area contributed by atoms with Crippen LogP contribution in [0.2, 0.25) is 0 Å². The molecule has 0 amide bonds. The molecular formula is C16H22N6O3. The van der Waals surface area contributed by atoms with Crippen molar-refractivity contribution in [3.63, 3.8) is 0 Å². The fraction of sp³-hybridized carbons (Fsp3) is 0.562. The lowest BCUT2D eigenvalue weighted by atomic mass is 10.4. The van der Waals surface area contributed by atoms with E-state index in [0.717, 1.165) is 31.9 Å². The number of aromatic nitrogens is 3. The Morgan fingerprint density at radius 3 is 2.00 bits per heavy atom. The number of nitrogens with zero attached hydrogens (tertiary/aromatic N) is 5. The minimum Gasteiger partial charge on any atom is -0.467 e. The van der Waals surface area contributed by atoms with Crippen LogP contribution in [0.5, 0.6) is 0 Å². The Morgan fingerprint density at radius 1 is 0.880 bits per heavy atom. The summed E-state index contributed by atoms with van der Waals surface area (Å²) in [6.45, 7) is 6.41. The minimum absolute atomic E-state index is 0.530. The number of hydrogen-bond donors (Lipinski definition) is 1. The van der Waals surface area contributed by atoms with Crippen molar-refractivity contribution in [1.29, 1.82) is 0 Å². The van der Waals surface area contributed by atoms with Gasteiger partial charge in [-0.3, -0.25) is 0 Å². The molecule has 0 radical (unpaired) electrons. The quantitative estimate of drug-likeness (QED) is 0.842. The summed E-state index contributed by atoms with van der Waals surface area (Å²) in [5.74, 6) is 2.75. The molecule has 0 saturated carbocycles. The second-order valence-electron chi connectivity index (χ2n) is 5.89. The van der Waals surface area contributed by atoms with Crippen LogP contribution < -0.4 is 15.1 Å². The molecule has 134 valence electrons. The van der Waals surface area contributed by atoms with Crippen molar-refractivity contribution in [3.8, 4) is 0 Å². The molecule has 2 fully saturated rings. The number of ether oxygens (including phenoxy) is 2. The molecule has 2 aliphatic rings. The zero-order valence-corrected chi connectivity index (χ0v) is 14.1. The molecule has 0 aliphatic carbocycles. The van der Waals surface area contributed by atoms with Gasteiger partial charge in [0.05, 0.1) is 39.2 Å². The van der Waals surface area contributed by atoms with Gasteiger partial charge >= 0.3 is 0 Å². The van der Waals surface area contributed by atoms with E-state index in [-0.39, 0.29) is 0 Å². The third-order valence-electron chi connectivity index (χ3n) is 4.20. The number of furan rings is 1. The lowest BCUT2D eigenvalue weighted by Gasteiger charge is -2.30. The molecule has 2 aromatic heterocycles. The molecule has 0 spiro atoms. The van der Waals surface area contributed by atoms with Crippen LogP contribution in [0.1, 0.15) is 5.76 Å². The maximum atomic E-state index is 5.43. The van der Waals surface area contributed by atoms with Crippen LogP contribution in [0.15, 0.2) is 22.8 Å². The Morgan fingerprint density at radius 2 is 1.48 bits per heavy atom. The Balaban J connectivity index is 1.56. The van der Waals surface area contributed by atoms with Crippen molar-refractivity contribution >= 4 is 17.8 Å². The largest absolute Gasteiger partial charge is 0.467 e. The molecular weight excluding hydrogens is 324 g/mol. The van der Waals surface area contributed by atoms with Crippen LogP contribution in [0.25, 0.3) is 0 Å². The van der Waals surface area contributed by atoms with Gasteiger partial charge in [-0.15, -0.1) is 0 Å². The first-order chi connectivity index (χ1) is 12.4. The summed E-state index contributed by atoms with van der Waals surface area (Å²) in [5.41, 5.74) is 0. The maximum absolute atomic E-state index is 5.43. The zero-order chi connectivity index (χ0) is 16.9. The van der Waals surface area contributed by atoms with Crippen molar-refractivity contribution in [3.05, 3.63) is 24.2 Å². The molecule has 0 aromatic carbocycles. The number of nitrogens with one attached hydrogen (secondary N) is 1. The topological polar surface area (TPSA) is 88.8 Å². The maximum Gasteiger partial charge on any atom is 0.232 e. The monoisotopic (exact) mass is 346 g/mol. The van der Waals surface area contributed by atoms with Crippen LogP contribution in [-0.4, -0.2) is 67.6 Å². The average Bonchev–Trinajstić information content (AvgIpc) is 3.21. The summed E-state index contributed by atoms with van der Waals surface area (Å²) in [5, 5.41) is 3.23. The summed E-state index contributed by atoms with van der Waals surface area (Å²) < 4.78 is 16.2. The first-order valence-corrected chi connectivity index (χ1v) is 8.56. The molecule has 2 saturated heterocycles. The van der Waals surface area contributed by atoms with E-state index in [1.807, 2.05) is 12.1 Å². The second-order valence-corrected chi connectivity index (χ2v) is 5.89. The smallest absolute Gasteiger partial charge is 0.232 e. The van der Waals surface area contributed by atoms with E-state index in [0.29, 0.717) is 50.8 Å². The van der Waals surface area contributed by atoms with E-state index >= 15 is 0 Å². The fourth-order valence-corrected chi connectivity index (χ4v) is 2.82. The number of rotatable bonds is 5. The van der Waals surface area contributed by atoms with Crippen LogP contribution in [0.4, 0.5) is 17.8 Å². The molecule has 0 unspecified atom stereocenters. The summed E-state index contributed by atoms with van der Waals surface area (Å²) in [6.07, 6.45) is 1.66. The first kappa shape index (κ1) is 16.1. The second kappa shape index (κ2) is 7.66. The van der Waals surface area contributed by atoms with Crippen molar-refractivity contribution in [2.75, 3.05) is 67.7 Å². The Bertz CT molecular complexity index is 632. The molecule has 4 rings (SSSR count). The van der Waals surface area contributed by atoms with Gasteiger partial charge in [0.25, 0.3) is 0 Å². The highest BCUT2D eigenvalue weighted by Gasteiger charge is 2.20. The molecule has 9 heteroatoms. The highest BCUT2D eigenvalue weighted by Crippen LogP contribution is 2.19. The number of hydrogen-bond acceptors (Lipinski definition) is 9. The molecule has 1 N–H and O–H groups in total. The number of morpholine rings is 2. The van der Waals surface area contributed by atoms with Crippen molar-refractivity contribution in [1.82, 2.24) is 15.0 Å². The van der Waals surface area contributed by atoms with Gasteiger partial charge in [0.1, 0.15) is 5.76 Å². The van der Waals surface area contributed by atoms with Gasteiger partial charge in [-0.2, -0.15) is 15.0 Å². The van der Waals surface area contributed by atoms with E-state index in [1.54, 1.807) is 6.26 Å².